The van der Waals surface area contributed by atoms with Crippen LogP contribution in [-0.4, -0.2) is 61.0 Å². The molecule has 1 aromatic carbocycles. The van der Waals surface area contributed by atoms with E-state index in [1.807, 2.05) is 0 Å². The maximum Gasteiger partial charge on any atom is 0.248 e. The zero-order valence-corrected chi connectivity index (χ0v) is 12.0. The van der Waals surface area contributed by atoms with Crippen LogP contribution in [0, 0.1) is 5.82 Å². The zero-order chi connectivity index (χ0) is 14.8. The second-order valence-electron chi connectivity index (χ2n) is 5.80. The SMILES string of the molecule is NC(=O)c1ccc(F)c(CN2CC(N3CCNCC3)C2)c1. The predicted octanol–water partition coefficient (Wildman–Crippen LogP) is 0.0140. The minimum Gasteiger partial charge on any atom is -0.366 e. The van der Waals surface area contributed by atoms with Crippen molar-refractivity contribution in [3.05, 3.63) is 35.1 Å². The average molecular weight is 292 g/mol. The highest BCUT2D eigenvalue weighted by molar-refractivity contribution is 5.92. The number of carbonyl (C=O) groups excluding carboxylic acids is 1. The van der Waals surface area contributed by atoms with Crippen LogP contribution >= 0.6 is 0 Å². The molecule has 0 atom stereocenters. The Morgan fingerprint density at radius 1 is 1.33 bits per heavy atom. The lowest BCUT2D eigenvalue weighted by atomic mass is 10.0. The van der Waals surface area contributed by atoms with E-state index in [1.54, 1.807) is 6.07 Å². The summed E-state index contributed by atoms with van der Waals surface area (Å²) in [7, 11) is 0. The lowest BCUT2D eigenvalue weighted by Gasteiger charge is -2.47. The van der Waals surface area contributed by atoms with E-state index in [9.17, 15) is 9.18 Å². The van der Waals surface area contributed by atoms with Gasteiger partial charge in [-0.05, 0) is 18.2 Å². The summed E-state index contributed by atoms with van der Waals surface area (Å²) in [5, 5.41) is 3.34. The molecule has 5 nitrogen and oxygen atoms in total. The second-order valence-corrected chi connectivity index (χ2v) is 5.80. The van der Waals surface area contributed by atoms with Crippen molar-refractivity contribution in [1.82, 2.24) is 15.1 Å². The summed E-state index contributed by atoms with van der Waals surface area (Å²) in [6, 6.07) is 4.90. The number of likely N-dealkylation sites (tertiary alicyclic amines) is 1. The molecular weight excluding hydrogens is 271 g/mol. The summed E-state index contributed by atoms with van der Waals surface area (Å²) >= 11 is 0. The van der Waals surface area contributed by atoms with E-state index < -0.39 is 5.91 Å². The first kappa shape index (κ1) is 14.4. The van der Waals surface area contributed by atoms with Gasteiger partial charge in [0.05, 0.1) is 0 Å². The molecule has 1 amide bonds. The number of nitrogens with two attached hydrogens (primary N) is 1. The van der Waals surface area contributed by atoms with E-state index in [0.29, 0.717) is 23.7 Å². The van der Waals surface area contributed by atoms with Crippen LogP contribution in [0.15, 0.2) is 18.2 Å². The number of primary amides is 1. The van der Waals surface area contributed by atoms with Crippen LogP contribution in [-0.2, 0) is 6.54 Å². The lowest BCUT2D eigenvalue weighted by Crippen LogP contribution is -2.62. The molecule has 2 saturated heterocycles. The van der Waals surface area contributed by atoms with E-state index in [0.717, 1.165) is 39.3 Å². The minimum absolute atomic E-state index is 0.273. The topological polar surface area (TPSA) is 61.6 Å². The summed E-state index contributed by atoms with van der Waals surface area (Å²) in [6.07, 6.45) is 0. The molecule has 0 bridgehead atoms. The van der Waals surface area contributed by atoms with Crippen LogP contribution in [0.25, 0.3) is 0 Å². The van der Waals surface area contributed by atoms with Gasteiger partial charge in [0.25, 0.3) is 0 Å². The molecule has 2 aliphatic heterocycles. The molecule has 2 aliphatic rings. The fourth-order valence-electron chi connectivity index (χ4n) is 3.04. The molecule has 21 heavy (non-hydrogen) atoms. The molecule has 3 rings (SSSR count). The Kier molecular flexibility index (Phi) is 4.19. The molecule has 2 fully saturated rings. The molecule has 6 heteroatoms. The highest BCUT2D eigenvalue weighted by atomic mass is 19.1. The van der Waals surface area contributed by atoms with Gasteiger partial charge in [-0.1, -0.05) is 0 Å². The number of carbonyl (C=O) groups is 1. The number of hydrogen-bond donors (Lipinski definition) is 2. The van der Waals surface area contributed by atoms with Gasteiger partial charge in [-0.2, -0.15) is 0 Å². The van der Waals surface area contributed by atoms with Gasteiger partial charge in [-0.3, -0.25) is 14.6 Å². The Balaban J connectivity index is 1.56. The van der Waals surface area contributed by atoms with Crippen molar-refractivity contribution in [2.24, 2.45) is 5.73 Å². The number of halogens is 1. The van der Waals surface area contributed by atoms with Crippen LogP contribution < -0.4 is 11.1 Å². The van der Waals surface area contributed by atoms with Crippen LogP contribution in [0.1, 0.15) is 15.9 Å². The Labute approximate surface area is 123 Å². The maximum atomic E-state index is 13.8. The fourth-order valence-corrected chi connectivity index (χ4v) is 3.04. The number of amides is 1. The van der Waals surface area contributed by atoms with Gasteiger partial charge in [0.2, 0.25) is 5.91 Å². The largest absolute Gasteiger partial charge is 0.366 e. The highest BCUT2D eigenvalue weighted by Crippen LogP contribution is 2.20. The molecule has 0 saturated carbocycles. The molecule has 0 unspecified atom stereocenters. The van der Waals surface area contributed by atoms with Crippen molar-refractivity contribution in [3.8, 4) is 0 Å². The summed E-state index contributed by atoms with van der Waals surface area (Å²) < 4.78 is 13.8. The molecule has 0 aliphatic carbocycles. The molecule has 0 spiro atoms. The Morgan fingerprint density at radius 2 is 2.05 bits per heavy atom. The minimum atomic E-state index is -0.515. The van der Waals surface area contributed by atoms with Crippen LogP contribution in [0.4, 0.5) is 4.39 Å². The summed E-state index contributed by atoms with van der Waals surface area (Å²) in [6.45, 7) is 6.72. The van der Waals surface area contributed by atoms with Crippen molar-refractivity contribution in [2.75, 3.05) is 39.3 Å². The number of rotatable bonds is 4. The monoisotopic (exact) mass is 292 g/mol. The first-order valence-corrected chi connectivity index (χ1v) is 7.39. The van der Waals surface area contributed by atoms with Gasteiger partial charge < -0.3 is 11.1 Å². The van der Waals surface area contributed by atoms with Crippen molar-refractivity contribution in [2.45, 2.75) is 12.6 Å². The summed E-state index contributed by atoms with van der Waals surface area (Å²) in [5.74, 6) is -0.788. The first-order valence-electron chi connectivity index (χ1n) is 7.39. The Morgan fingerprint density at radius 3 is 2.71 bits per heavy atom. The molecule has 1 aromatic rings. The van der Waals surface area contributed by atoms with E-state index >= 15 is 0 Å². The van der Waals surface area contributed by atoms with Crippen molar-refractivity contribution >= 4 is 5.91 Å². The van der Waals surface area contributed by atoms with Gasteiger partial charge in [0.1, 0.15) is 5.82 Å². The van der Waals surface area contributed by atoms with Gasteiger partial charge >= 0.3 is 0 Å². The second kappa shape index (κ2) is 6.09. The molecule has 3 N–H and O–H groups in total. The fraction of sp³-hybridized carbons (Fsp3) is 0.533. The van der Waals surface area contributed by atoms with E-state index in [4.69, 9.17) is 5.73 Å². The van der Waals surface area contributed by atoms with Gasteiger partial charge in [0.15, 0.2) is 0 Å². The normalized spacial score (nSPS) is 21.2. The van der Waals surface area contributed by atoms with Crippen LogP contribution in [0.3, 0.4) is 0 Å². The average Bonchev–Trinajstić information content (AvgIpc) is 2.44. The van der Waals surface area contributed by atoms with Gasteiger partial charge in [-0.15, -0.1) is 0 Å². The number of benzene rings is 1. The summed E-state index contributed by atoms with van der Waals surface area (Å²) in [4.78, 5) is 15.9. The van der Waals surface area contributed by atoms with E-state index in [-0.39, 0.29) is 5.82 Å². The molecule has 2 heterocycles. The third kappa shape index (κ3) is 3.23. The number of nitrogens with zero attached hydrogens (tertiary/aromatic N) is 2. The van der Waals surface area contributed by atoms with Crippen molar-refractivity contribution in [1.29, 1.82) is 0 Å². The van der Waals surface area contributed by atoms with Crippen LogP contribution in [0.2, 0.25) is 0 Å². The first-order chi connectivity index (χ1) is 10.1. The summed E-state index contributed by atoms with van der Waals surface area (Å²) in [5.41, 5.74) is 6.15. The lowest BCUT2D eigenvalue weighted by molar-refractivity contribution is 0.0217. The molecule has 114 valence electrons. The number of hydrogen-bond acceptors (Lipinski definition) is 4. The van der Waals surface area contributed by atoms with Crippen LogP contribution in [0.5, 0.6) is 0 Å². The smallest absolute Gasteiger partial charge is 0.248 e. The third-order valence-corrected chi connectivity index (χ3v) is 4.33. The Hall–Kier alpha value is -1.50. The van der Waals surface area contributed by atoms with Crippen molar-refractivity contribution < 1.29 is 9.18 Å². The number of nitrogens with one attached hydrogen (secondary N) is 1. The predicted molar refractivity (Wildman–Crippen MR) is 78.4 cm³/mol. The van der Waals surface area contributed by atoms with Crippen molar-refractivity contribution in [3.63, 3.8) is 0 Å². The van der Waals surface area contributed by atoms with Gasteiger partial charge in [0, 0.05) is 63.0 Å². The molecular formula is C15H21FN4O. The third-order valence-electron chi connectivity index (χ3n) is 4.33. The van der Waals surface area contributed by atoms with E-state index in [2.05, 4.69) is 15.1 Å². The highest BCUT2D eigenvalue weighted by Gasteiger charge is 2.32. The van der Waals surface area contributed by atoms with Gasteiger partial charge in [-0.25, -0.2) is 4.39 Å². The quantitative estimate of drug-likeness (QED) is 0.821. The molecule has 0 aromatic heterocycles. The Bertz CT molecular complexity index is 524. The standard InChI is InChI=1S/C15H21FN4O/c16-14-2-1-11(15(17)21)7-12(14)8-19-9-13(10-19)20-5-3-18-4-6-20/h1-2,7,13,18H,3-6,8-10H2,(H2,17,21). The number of piperazine rings is 1. The zero-order valence-electron chi connectivity index (χ0n) is 12.0. The maximum absolute atomic E-state index is 13.8. The molecule has 0 radical (unpaired) electrons. The van der Waals surface area contributed by atoms with E-state index in [1.165, 1.54) is 12.1 Å².